The fraction of sp³-hybridized carbons (Fsp3) is 0.300. The second-order valence-electron chi connectivity index (χ2n) is 6.60. The Kier molecular flexibility index (Phi) is 5.89. The maximum atomic E-state index is 11.5. The quantitative estimate of drug-likeness (QED) is 0.411. The number of nitrogens with zero attached hydrogens (tertiary/aromatic N) is 2. The number of hydrogen-bond donors (Lipinski definition) is 3. The summed E-state index contributed by atoms with van der Waals surface area (Å²) in [7, 11) is 0. The Morgan fingerprint density at radius 1 is 1.21 bits per heavy atom. The number of aromatic nitrogens is 1. The molecule has 3 N–H and O–H groups in total. The van der Waals surface area contributed by atoms with Crippen LogP contribution in [0.25, 0.3) is 11.1 Å². The highest BCUT2D eigenvalue weighted by Gasteiger charge is 2.12. The smallest absolute Gasteiger partial charge is 0.300 e. The molecule has 29 heavy (non-hydrogen) atoms. The van der Waals surface area contributed by atoms with E-state index in [1.807, 2.05) is 24.3 Å². The number of benzene rings is 2. The first kappa shape index (κ1) is 19.2. The van der Waals surface area contributed by atoms with Crippen molar-refractivity contribution in [3.05, 3.63) is 48.0 Å². The predicted octanol–water partition coefficient (Wildman–Crippen LogP) is 2.40. The van der Waals surface area contributed by atoms with Crippen LogP contribution < -0.4 is 15.5 Å². The maximum Gasteiger partial charge on any atom is 0.300 e. The number of nitrogens with one attached hydrogen (secondary N) is 2. The second-order valence-corrected chi connectivity index (χ2v) is 6.60. The van der Waals surface area contributed by atoms with E-state index in [1.54, 1.807) is 23.7 Å². The number of anilines is 2. The van der Waals surface area contributed by atoms with E-state index in [1.165, 1.54) is 0 Å². The van der Waals surface area contributed by atoms with E-state index < -0.39 is 5.91 Å². The minimum Gasteiger partial charge on any atom is -0.492 e. The molecule has 4 rings (SSSR count). The Labute approximate surface area is 167 Å². The lowest BCUT2D eigenvalue weighted by Crippen LogP contribution is -2.38. The topological polar surface area (TPSA) is 109 Å². The molecule has 1 aromatic heterocycles. The third-order valence-corrected chi connectivity index (χ3v) is 4.62. The fourth-order valence-electron chi connectivity index (χ4n) is 3.09. The van der Waals surface area contributed by atoms with Gasteiger partial charge in [0, 0.05) is 37.0 Å². The van der Waals surface area contributed by atoms with E-state index in [9.17, 15) is 4.79 Å². The van der Waals surface area contributed by atoms with Gasteiger partial charge in [-0.1, -0.05) is 6.07 Å². The van der Waals surface area contributed by atoms with Gasteiger partial charge in [-0.3, -0.25) is 14.9 Å². The molecule has 9 nitrogen and oxygen atoms in total. The van der Waals surface area contributed by atoms with Crippen LogP contribution >= 0.6 is 0 Å². The van der Waals surface area contributed by atoms with Crippen molar-refractivity contribution in [2.24, 2.45) is 0 Å². The highest BCUT2D eigenvalue weighted by Crippen LogP contribution is 2.25. The average molecular weight is 398 g/mol. The van der Waals surface area contributed by atoms with Crippen molar-refractivity contribution in [3.63, 3.8) is 0 Å². The Morgan fingerprint density at radius 2 is 2.07 bits per heavy atom. The molecular formula is C20H22N4O5. The van der Waals surface area contributed by atoms with E-state index in [-0.39, 0.29) is 5.56 Å². The third-order valence-electron chi connectivity index (χ3n) is 4.62. The molecular weight excluding hydrogens is 376 g/mol. The van der Waals surface area contributed by atoms with Gasteiger partial charge in [-0.2, -0.15) is 4.98 Å². The molecule has 1 fully saturated rings. The van der Waals surface area contributed by atoms with E-state index in [2.05, 4.69) is 15.2 Å². The van der Waals surface area contributed by atoms with E-state index in [4.69, 9.17) is 19.1 Å². The van der Waals surface area contributed by atoms with Gasteiger partial charge in [0.1, 0.15) is 17.9 Å². The molecule has 0 unspecified atom stereocenters. The van der Waals surface area contributed by atoms with Gasteiger partial charge in [-0.25, -0.2) is 5.48 Å². The van der Waals surface area contributed by atoms with Crippen molar-refractivity contribution < 1.29 is 23.9 Å². The number of carbonyl (C=O) groups is 1. The summed E-state index contributed by atoms with van der Waals surface area (Å²) < 4.78 is 16.9. The molecule has 0 bridgehead atoms. The van der Waals surface area contributed by atoms with Gasteiger partial charge in [0.15, 0.2) is 5.58 Å². The molecule has 3 aromatic rings. The molecule has 0 radical (unpaired) electrons. The Bertz CT molecular complexity index is 984. The average Bonchev–Trinajstić information content (AvgIpc) is 3.15. The summed E-state index contributed by atoms with van der Waals surface area (Å²) in [5.41, 5.74) is 3.69. The number of hydroxylamine groups is 1. The number of fused-ring (bicyclic) bond motifs is 1. The molecule has 2 heterocycles. The lowest BCUT2D eigenvalue weighted by Gasteiger charge is -2.26. The zero-order chi connectivity index (χ0) is 20.1. The van der Waals surface area contributed by atoms with Crippen LogP contribution in [0.5, 0.6) is 5.75 Å². The van der Waals surface area contributed by atoms with Crippen LogP contribution in [-0.2, 0) is 4.74 Å². The summed E-state index contributed by atoms with van der Waals surface area (Å²) in [5.74, 6) is 0.146. The second kappa shape index (κ2) is 8.91. The van der Waals surface area contributed by atoms with Crippen LogP contribution in [-0.4, -0.2) is 60.5 Å². The van der Waals surface area contributed by atoms with Gasteiger partial charge >= 0.3 is 0 Å². The van der Waals surface area contributed by atoms with Crippen molar-refractivity contribution in [1.82, 2.24) is 15.4 Å². The first-order valence-electron chi connectivity index (χ1n) is 9.36. The van der Waals surface area contributed by atoms with Gasteiger partial charge in [-0.15, -0.1) is 0 Å². The highest BCUT2D eigenvalue weighted by atomic mass is 16.5. The van der Waals surface area contributed by atoms with Crippen molar-refractivity contribution in [2.45, 2.75) is 0 Å². The number of ether oxygens (including phenoxy) is 2. The maximum absolute atomic E-state index is 11.5. The number of oxazole rings is 1. The summed E-state index contributed by atoms with van der Waals surface area (Å²) in [6, 6.07) is 12.6. The number of hydrogen-bond acceptors (Lipinski definition) is 8. The number of carbonyl (C=O) groups excluding carboxylic acids is 1. The molecule has 9 heteroatoms. The molecule has 0 atom stereocenters. The first-order chi connectivity index (χ1) is 14.2. The zero-order valence-corrected chi connectivity index (χ0v) is 15.8. The van der Waals surface area contributed by atoms with Crippen LogP contribution in [0.15, 0.2) is 46.9 Å². The van der Waals surface area contributed by atoms with Gasteiger partial charge in [0.05, 0.1) is 13.2 Å². The highest BCUT2D eigenvalue weighted by molar-refractivity contribution is 5.96. The molecule has 1 aliphatic heterocycles. The lowest BCUT2D eigenvalue weighted by molar-refractivity contribution is 0.0322. The molecule has 152 valence electrons. The van der Waals surface area contributed by atoms with Crippen LogP contribution in [0.4, 0.5) is 11.7 Å². The fourth-order valence-corrected chi connectivity index (χ4v) is 3.09. The van der Waals surface area contributed by atoms with Crippen molar-refractivity contribution in [2.75, 3.05) is 44.8 Å². The molecule has 0 saturated carbocycles. The molecule has 2 aromatic carbocycles. The summed E-state index contributed by atoms with van der Waals surface area (Å²) >= 11 is 0. The summed E-state index contributed by atoms with van der Waals surface area (Å²) in [4.78, 5) is 18.2. The lowest BCUT2D eigenvalue weighted by atomic mass is 10.2. The normalized spacial score (nSPS) is 14.7. The summed E-state index contributed by atoms with van der Waals surface area (Å²) in [6.07, 6.45) is 0. The molecule has 0 spiro atoms. The molecule has 1 saturated heterocycles. The zero-order valence-electron chi connectivity index (χ0n) is 15.8. The van der Waals surface area contributed by atoms with Gasteiger partial charge in [0.2, 0.25) is 0 Å². The summed E-state index contributed by atoms with van der Waals surface area (Å²) in [5, 5.41) is 11.8. The monoisotopic (exact) mass is 398 g/mol. The van der Waals surface area contributed by atoms with Crippen molar-refractivity contribution >= 4 is 28.7 Å². The van der Waals surface area contributed by atoms with Gasteiger partial charge < -0.3 is 19.2 Å². The minimum atomic E-state index is -0.605. The molecule has 0 aliphatic carbocycles. The number of amides is 1. The van der Waals surface area contributed by atoms with Crippen LogP contribution in [0, 0.1) is 0 Å². The SMILES string of the molecule is O=C(NO)c1ccc2oc(Nc3cccc(OCCN4CCOCC4)c3)nc2c1. The Morgan fingerprint density at radius 3 is 2.90 bits per heavy atom. The standard InChI is InChI=1S/C20H22N4O5/c25-19(23-26)14-4-5-18-17(12-14)22-20(29-18)21-15-2-1-3-16(13-15)28-11-8-24-6-9-27-10-7-24/h1-5,12-13,26H,6-11H2,(H,21,22)(H,23,25). The third kappa shape index (κ3) is 4.83. The predicted molar refractivity (Wildman–Crippen MR) is 106 cm³/mol. The van der Waals surface area contributed by atoms with Crippen LogP contribution in [0.2, 0.25) is 0 Å². The van der Waals surface area contributed by atoms with Crippen molar-refractivity contribution in [1.29, 1.82) is 0 Å². The Balaban J connectivity index is 1.38. The molecule has 1 aliphatic rings. The van der Waals surface area contributed by atoms with E-state index >= 15 is 0 Å². The number of rotatable bonds is 7. The van der Waals surface area contributed by atoms with Gasteiger partial charge in [-0.05, 0) is 30.3 Å². The van der Waals surface area contributed by atoms with E-state index in [0.717, 1.165) is 44.3 Å². The van der Waals surface area contributed by atoms with Gasteiger partial charge in [0.25, 0.3) is 11.9 Å². The first-order valence-corrected chi connectivity index (χ1v) is 9.36. The van der Waals surface area contributed by atoms with Crippen LogP contribution in [0.1, 0.15) is 10.4 Å². The van der Waals surface area contributed by atoms with Crippen molar-refractivity contribution in [3.8, 4) is 5.75 Å². The number of morpholine rings is 1. The largest absolute Gasteiger partial charge is 0.492 e. The minimum absolute atomic E-state index is 0.288. The summed E-state index contributed by atoms with van der Waals surface area (Å²) in [6.45, 7) is 4.87. The van der Waals surface area contributed by atoms with Crippen LogP contribution in [0.3, 0.4) is 0 Å². The molecule has 1 amide bonds. The Hall–Kier alpha value is -3.14. The van der Waals surface area contributed by atoms with E-state index in [0.29, 0.717) is 23.7 Å².